The first-order valence-electron chi connectivity index (χ1n) is 6.28. The van der Waals surface area contributed by atoms with Crippen LogP contribution in [-0.4, -0.2) is 22.7 Å². The van der Waals surface area contributed by atoms with Crippen molar-refractivity contribution in [1.29, 1.82) is 0 Å². The number of carboxylic acids is 1. The van der Waals surface area contributed by atoms with Gasteiger partial charge in [0.1, 0.15) is 5.75 Å². The second kappa shape index (κ2) is 5.02. The molecule has 19 heavy (non-hydrogen) atoms. The van der Waals surface area contributed by atoms with Crippen molar-refractivity contribution in [2.24, 2.45) is 5.92 Å². The van der Waals surface area contributed by atoms with Gasteiger partial charge in [0.2, 0.25) is 0 Å². The standard InChI is InChI=1S/C14H18ClNO3/c1-6-7(2)13(17)12(15)8(3)11(6)10-4-9(5-16-10)14(18)19/h9-10,16-17H,4-5H2,1-3H3,(H,18,19). The fourth-order valence-corrected chi connectivity index (χ4v) is 3.03. The van der Waals surface area contributed by atoms with Crippen LogP contribution in [-0.2, 0) is 4.79 Å². The van der Waals surface area contributed by atoms with Crippen molar-refractivity contribution < 1.29 is 15.0 Å². The van der Waals surface area contributed by atoms with Crippen LogP contribution in [0.15, 0.2) is 0 Å². The minimum atomic E-state index is -0.771. The number of hydrogen-bond donors (Lipinski definition) is 3. The number of carbonyl (C=O) groups is 1. The van der Waals surface area contributed by atoms with Crippen molar-refractivity contribution in [3.05, 3.63) is 27.3 Å². The van der Waals surface area contributed by atoms with Gasteiger partial charge in [-0.15, -0.1) is 0 Å². The largest absolute Gasteiger partial charge is 0.506 e. The average molecular weight is 284 g/mol. The molecule has 0 spiro atoms. The lowest BCUT2D eigenvalue weighted by Gasteiger charge is -2.21. The molecule has 1 saturated heterocycles. The van der Waals surface area contributed by atoms with Crippen molar-refractivity contribution in [3.8, 4) is 5.75 Å². The molecule has 1 heterocycles. The molecule has 0 aromatic heterocycles. The van der Waals surface area contributed by atoms with E-state index in [1.54, 1.807) is 0 Å². The van der Waals surface area contributed by atoms with Gasteiger partial charge in [-0.25, -0.2) is 0 Å². The molecule has 2 rings (SSSR count). The predicted molar refractivity (Wildman–Crippen MR) is 73.8 cm³/mol. The van der Waals surface area contributed by atoms with Gasteiger partial charge in [-0.3, -0.25) is 4.79 Å². The summed E-state index contributed by atoms with van der Waals surface area (Å²) in [6, 6.07) is -0.0158. The Morgan fingerprint density at radius 1 is 1.26 bits per heavy atom. The van der Waals surface area contributed by atoms with Crippen molar-refractivity contribution >= 4 is 17.6 Å². The molecule has 0 radical (unpaired) electrons. The number of rotatable bonds is 2. The van der Waals surface area contributed by atoms with Crippen LogP contribution >= 0.6 is 11.6 Å². The van der Waals surface area contributed by atoms with Crippen molar-refractivity contribution in [1.82, 2.24) is 5.32 Å². The summed E-state index contributed by atoms with van der Waals surface area (Å²) in [6.45, 7) is 6.09. The van der Waals surface area contributed by atoms with E-state index in [-0.39, 0.29) is 17.7 Å². The van der Waals surface area contributed by atoms with Crippen LogP contribution in [0, 0.1) is 26.7 Å². The first-order valence-corrected chi connectivity index (χ1v) is 6.66. The molecule has 1 aromatic rings. The average Bonchev–Trinajstić information content (AvgIpc) is 2.84. The molecule has 1 aromatic carbocycles. The Morgan fingerprint density at radius 2 is 1.89 bits per heavy atom. The van der Waals surface area contributed by atoms with Gasteiger partial charge in [0.15, 0.2) is 0 Å². The number of benzene rings is 1. The lowest BCUT2D eigenvalue weighted by molar-refractivity contribution is -0.141. The summed E-state index contributed by atoms with van der Waals surface area (Å²) in [5.41, 5.74) is 3.57. The topological polar surface area (TPSA) is 69.6 Å². The summed E-state index contributed by atoms with van der Waals surface area (Å²) in [6.07, 6.45) is 0.553. The van der Waals surface area contributed by atoms with E-state index in [1.165, 1.54) is 0 Å². The molecule has 1 fully saturated rings. The Balaban J connectivity index is 2.44. The number of aliphatic carboxylic acids is 1. The molecule has 0 bridgehead atoms. The zero-order valence-corrected chi connectivity index (χ0v) is 12.0. The number of nitrogens with one attached hydrogen (secondary N) is 1. The number of aromatic hydroxyl groups is 1. The van der Waals surface area contributed by atoms with Crippen LogP contribution < -0.4 is 5.32 Å². The number of halogens is 1. The van der Waals surface area contributed by atoms with Gasteiger partial charge >= 0.3 is 5.97 Å². The maximum absolute atomic E-state index is 11.0. The summed E-state index contributed by atoms with van der Waals surface area (Å²) in [7, 11) is 0. The minimum Gasteiger partial charge on any atom is -0.506 e. The summed E-state index contributed by atoms with van der Waals surface area (Å²) < 4.78 is 0. The van der Waals surface area contributed by atoms with Crippen molar-refractivity contribution in [2.75, 3.05) is 6.54 Å². The number of carboxylic acid groups (broad SMARTS) is 1. The highest BCUT2D eigenvalue weighted by molar-refractivity contribution is 6.33. The van der Waals surface area contributed by atoms with Gasteiger partial charge in [-0.2, -0.15) is 0 Å². The summed E-state index contributed by atoms with van der Waals surface area (Å²) in [5, 5.41) is 22.6. The third-order valence-corrected chi connectivity index (χ3v) is 4.55. The smallest absolute Gasteiger partial charge is 0.307 e. The van der Waals surface area contributed by atoms with E-state index in [9.17, 15) is 9.90 Å². The van der Waals surface area contributed by atoms with E-state index in [0.717, 1.165) is 22.3 Å². The van der Waals surface area contributed by atoms with Crippen LogP contribution in [0.3, 0.4) is 0 Å². The van der Waals surface area contributed by atoms with Gasteiger partial charge < -0.3 is 15.5 Å². The second-order valence-corrected chi connectivity index (χ2v) is 5.56. The first-order chi connectivity index (χ1) is 8.84. The Bertz CT molecular complexity index is 513. The van der Waals surface area contributed by atoms with E-state index in [1.807, 2.05) is 20.8 Å². The van der Waals surface area contributed by atoms with Crippen molar-refractivity contribution in [3.63, 3.8) is 0 Å². The van der Waals surface area contributed by atoms with Crippen LogP contribution in [0.5, 0.6) is 5.75 Å². The van der Waals surface area contributed by atoms with Crippen LogP contribution in [0.25, 0.3) is 0 Å². The number of hydrogen-bond acceptors (Lipinski definition) is 3. The van der Waals surface area contributed by atoms with Gasteiger partial charge in [0.05, 0.1) is 10.9 Å². The number of phenols is 1. The normalized spacial score (nSPS) is 22.7. The molecule has 1 aliphatic rings. The predicted octanol–water partition coefficient (Wildman–Crippen LogP) is 2.71. The molecule has 2 atom stereocenters. The molecule has 4 nitrogen and oxygen atoms in total. The lowest BCUT2D eigenvalue weighted by Crippen LogP contribution is -2.18. The lowest BCUT2D eigenvalue weighted by atomic mass is 9.90. The molecule has 104 valence electrons. The van der Waals surface area contributed by atoms with Crippen LogP contribution in [0.1, 0.15) is 34.7 Å². The third kappa shape index (κ3) is 2.30. The highest BCUT2D eigenvalue weighted by Gasteiger charge is 2.32. The summed E-state index contributed by atoms with van der Waals surface area (Å²) >= 11 is 6.14. The molecule has 0 saturated carbocycles. The maximum Gasteiger partial charge on any atom is 0.307 e. The van der Waals surface area contributed by atoms with E-state index >= 15 is 0 Å². The minimum absolute atomic E-state index is 0.0158. The summed E-state index contributed by atoms with van der Waals surface area (Å²) in [4.78, 5) is 11.0. The Hall–Kier alpha value is -1.26. The molecule has 0 aliphatic carbocycles. The Kier molecular flexibility index (Phi) is 3.74. The second-order valence-electron chi connectivity index (χ2n) is 5.18. The van der Waals surface area contributed by atoms with Gasteiger partial charge in [-0.1, -0.05) is 11.6 Å². The zero-order chi connectivity index (χ0) is 14.3. The Morgan fingerprint density at radius 3 is 2.42 bits per heavy atom. The van der Waals surface area contributed by atoms with Crippen LogP contribution in [0.4, 0.5) is 0 Å². The summed E-state index contributed by atoms with van der Waals surface area (Å²) in [5.74, 6) is -1.02. The fraction of sp³-hybridized carbons (Fsp3) is 0.500. The molecule has 1 aliphatic heterocycles. The zero-order valence-electron chi connectivity index (χ0n) is 11.2. The highest BCUT2D eigenvalue weighted by Crippen LogP contribution is 2.41. The molecule has 5 heteroatoms. The Labute approximate surface area is 117 Å². The van der Waals surface area contributed by atoms with E-state index in [4.69, 9.17) is 16.7 Å². The van der Waals surface area contributed by atoms with Crippen molar-refractivity contribution in [2.45, 2.75) is 33.2 Å². The first kappa shape index (κ1) is 14.2. The fourth-order valence-electron chi connectivity index (χ4n) is 2.79. The van der Waals surface area contributed by atoms with Gasteiger partial charge in [0.25, 0.3) is 0 Å². The quantitative estimate of drug-likeness (QED) is 0.780. The highest BCUT2D eigenvalue weighted by atomic mass is 35.5. The third-order valence-electron chi connectivity index (χ3n) is 4.09. The van der Waals surface area contributed by atoms with Crippen LogP contribution in [0.2, 0.25) is 5.02 Å². The van der Waals surface area contributed by atoms with E-state index in [0.29, 0.717) is 18.0 Å². The SMILES string of the molecule is Cc1c(C)c(C2CC(C(=O)O)CN2)c(C)c(Cl)c1O. The molecular formula is C14H18ClNO3. The van der Waals surface area contributed by atoms with Gasteiger partial charge in [-0.05, 0) is 49.4 Å². The van der Waals surface area contributed by atoms with E-state index < -0.39 is 5.97 Å². The molecule has 2 unspecified atom stereocenters. The maximum atomic E-state index is 11.0. The number of phenolic OH excluding ortho intramolecular Hbond substituents is 1. The molecule has 0 amide bonds. The van der Waals surface area contributed by atoms with E-state index in [2.05, 4.69) is 5.32 Å². The molecule has 3 N–H and O–H groups in total. The molecular weight excluding hydrogens is 266 g/mol. The monoisotopic (exact) mass is 283 g/mol. The van der Waals surface area contributed by atoms with Gasteiger partial charge in [0, 0.05) is 12.6 Å².